The van der Waals surface area contributed by atoms with Crippen LogP contribution >= 0.6 is 11.6 Å². The van der Waals surface area contributed by atoms with E-state index in [9.17, 15) is 4.79 Å². The molecule has 0 aliphatic carbocycles. The first kappa shape index (κ1) is 10.8. The van der Waals surface area contributed by atoms with Crippen LogP contribution in [0.25, 0.3) is 10.9 Å². The van der Waals surface area contributed by atoms with Gasteiger partial charge in [-0.05, 0) is 25.1 Å². The molecule has 0 radical (unpaired) electrons. The summed E-state index contributed by atoms with van der Waals surface area (Å²) in [6, 6.07) is 5.00. The molecule has 2 aromatic rings. The average Bonchev–Trinajstić information content (AvgIpc) is 2.29. The van der Waals surface area contributed by atoms with Gasteiger partial charge in [-0.2, -0.15) is 0 Å². The number of rotatable bonds is 2. The third-order valence-electron chi connectivity index (χ3n) is 2.10. The molecule has 0 unspecified atom stereocenters. The second-order valence-corrected chi connectivity index (χ2v) is 3.47. The summed E-state index contributed by atoms with van der Waals surface area (Å²) in [6.45, 7) is 2.11. The second kappa shape index (κ2) is 4.45. The lowest BCUT2D eigenvalue weighted by Gasteiger charge is -2.03. The summed E-state index contributed by atoms with van der Waals surface area (Å²) in [5, 5.41) is 1.10. The van der Waals surface area contributed by atoms with E-state index in [4.69, 9.17) is 16.3 Å². The number of benzene rings is 1. The van der Waals surface area contributed by atoms with Crippen LogP contribution in [-0.4, -0.2) is 22.5 Å². The van der Waals surface area contributed by atoms with Gasteiger partial charge in [-0.25, -0.2) is 14.8 Å². The van der Waals surface area contributed by atoms with Crippen LogP contribution in [0.5, 0.6) is 0 Å². The summed E-state index contributed by atoms with van der Waals surface area (Å²) >= 11 is 5.88. The highest BCUT2D eigenvalue weighted by Gasteiger charge is 2.08. The van der Waals surface area contributed by atoms with Gasteiger partial charge in [0.15, 0.2) is 0 Å². The molecule has 16 heavy (non-hydrogen) atoms. The first-order valence-electron chi connectivity index (χ1n) is 4.79. The van der Waals surface area contributed by atoms with Gasteiger partial charge in [0.1, 0.15) is 11.5 Å². The fourth-order valence-corrected chi connectivity index (χ4v) is 1.57. The predicted molar refractivity (Wildman–Crippen MR) is 60.5 cm³/mol. The maximum Gasteiger partial charge on any atom is 0.338 e. The largest absolute Gasteiger partial charge is 0.462 e. The molecule has 0 fully saturated rings. The Morgan fingerprint density at radius 3 is 3.00 bits per heavy atom. The molecule has 5 heteroatoms. The van der Waals surface area contributed by atoms with Crippen LogP contribution < -0.4 is 0 Å². The Bertz CT molecular complexity index is 542. The highest BCUT2D eigenvalue weighted by atomic mass is 35.5. The van der Waals surface area contributed by atoms with Gasteiger partial charge in [-0.3, -0.25) is 0 Å². The summed E-state index contributed by atoms with van der Waals surface area (Å²) < 4.78 is 4.89. The summed E-state index contributed by atoms with van der Waals surface area (Å²) in [5.74, 6) is -0.362. The molecule has 1 heterocycles. The molecule has 0 aliphatic heterocycles. The lowest BCUT2D eigenvalue weighted by atomic mass is 10.1. The van der Waals surface area contributed by atoms with Crippen molar-refractivity contribution in [3.05, 3.63) is 35.2 Å². The van der Waals surface area contributed by atoms with Crippen molar-refractivity contribution in [3.8, 4) is 0 Å². The van der Waals surface area contributed by atoms with Crippen LogP contribution in [0.15, 0.2) is 24.5 Å². The zero-order valence-corrected chi connectivity index (χ0v) is 9.36. The van der Waals surface area contributed by atoms with Crippen molar-refractivity contribution in [1.82, 2.24) is 9.97 Å². The van der Waals surface area contributed by atoms with Crippen molar-refractivity contribution in [2.75, 3.05) is 6.61 Å². The smallest absolute Gasteiger partial charge is 0.338 e. The molecule has 0 N–H and O–H groups in total. The maximum atomic E-state index is 11.5. The molecule has 4 nitrogen and oxygen atoms in total. The number of hydrogen-bond donors (Lipinski definition) is 0. The SMILES string of the molecule is CCOC(=O)c1ccc2c(Cl)ncnc2c1. The second-order valence-electron chi connectivity index (χ2n) is 3.12. The van der Waals surface area contributed by atoms with E-state index in [1.165, 1.54) is 6.33 Å². The van der Waals surface area contributed by atoms with E-state index in [0.717, 1.165) is 5.39 Å². The molecule has 0 aliphatic rings. The molecule has 82 valence electrons. The van der Waals surface area contributed by atoms with E-state index in [1.807, 2.05) is 0 Å². The van der Waals surface area contributed by atoms with Crippen molar-refractivity contribution in [2.45, 2.75) is 6.92 Å². The molecule has 1 aromatic carbocycles. The van der Waals surface area contributed by atoms with Crippen LogP contribution in [0.3, 0.4) is 0 Å². The van der Waals surface area contributed by atoms with Crippen molar-refractivity contribution < 1.29 is 9.53 Å². The number of halogens is 1. The van der Waals surface area contributed by atoms with Gasteiger partial charge < -0.3 is 4.74 Å². The lowest BCUT2D eigenvalue weighted by Crippen LogP contribution is -2.04. The summed E-state index contributed by atoms with van der Waals surface area (Å²) in [4.78, 5) is 19.4. The lowest BCUT2D eigenvalue weighted by molar-refractivity contribution is 0.0526. The minimum atomic E-state index is -0.362. The van der Waals surface area contributed by atoms with E-state index >= 15 is 0 Å². The Morgan fingerprint density at radius 1 is 1.44 bits per heavy atom. The molecule has 0 saturated heterocycles. The number of hydrogen-bond acceptors (Lipinski definition) is 4. The monoisotopic (exact) mass is 236 g/mol. The first-order chi connectivity index (χ1) is 7.72. The average molecular weight is 237 g/mol. The standard InChI is InChI=1S/C11H9ClN2O2/c1-2-16-11(15)7-3-4-8-9(5-7)13-6-14-10(8)12/h3-6H,2H2,1H3. The minimum Gasteiger partial charge on any atom is -0.462 e. The minimum absolute atomic E-state index is 0.349. The number of carbonyl (C=O) groups excluding carboxylic acids is 1. The Balaban J connectivity index is 2.48. The topological polar surface area (TPSA) is 52.1 Å². The van der Waals surface area contributed by atoms with Crippen LogP contribution in [-0.2, 0) is 4.74 Å². The Kier molecular flexibility index (Phi) is 3.01. The molecule has 0 atom stereocenters. The highest BCUT2D eigenvalue weighted by Crippen LogP contribution is 2.20. The normalized spacial score (nSPS) is 10.4. The third-order valence-corrected chi connectivity index (χ3v) is 2.40. The van der Waals surface area contributed by atoms with E-state index in [1.54, 1.807) is 25.1 Å². The van der Waals surface area contributed by atoms with Gasteiger partial charge in [0.05, 0.1) is 17.7 Å². The van der Waals surface area contributed by atoms with E-state index in [0.29, 0.717) is 22.8 Å². The van der Waals surface area contributed by atoms with Gasteiger partial charge in [0.2, 0.25) is 0 Å². The molecular weight excluding hydrogens is 228 g/mol. The number of carbonyl (C=O) groups is 1. The Hall–Kier alpha value is -1.68. The number of nitrogens with zero attached hydrogens (tertiary/aromatic N) is 2. The molecule has 0 saturated carbocycles. The Labute approximate surface area is 97.2 Å². The zero-order chi connectivity index (χ0) is 11.5. The Morgan fingerprint density at radius 2 is 2.25 bits per heavy atom. The zero-order valence-electron chi connectivity index (χ0n) is 8.61. The fraction of sp³-hybridized carbons (Fsp3) is 0.182. The summed E-state index contributed by atoms with van der Waals surface area (Å²) in [7, 11) is 0. The molecule has 0 bridgehead atoms. The number of esters is 1. The van der Waals surface area contributed by atoms with Crippen LogP contribution in [0.4, 0.5) is 0 Å². The van der Waals surface area contributed by atoms with Gasteiger partial charge in [-0.1, -0.05) is 11.6 Å². The molecular formula is C11H9ClN2O2. The number of aromatic nitrogens is 2. The molecule has 1 aromatic heterocycles. The summed E-state index contributed by atoms with van der Waals surface area (Å²) in [5.41, 5.74) is 1.09. The number of fused-ring (bicyclic) bond motifs is 1. The van der Waals surface area contributed by atoms with Gasteiger partial charge in [-0.15, -0.1) is 0 Å². The first-order valence-corrected chi connectivity index (χ1v) is 5.17. The van der Waals surface area contributed by atoms with Crippen molar-refractivity contribution in [1.29, 1.82) is 0 Å². The molecule has 0 spiro atoms. The van der Waals surface area contributed by atoms with Crippen LogP contribution in [0.2, 0.25) is 5.15 Å². The quantitative estimate of drug-likeness (QED) is 0.594. The van der Waals surface area contributed by atoms with Gasteiger partial charge in [0.25, 0.3) is 0 Å². The fourth-order valence-electron chi connectivity index (χ4n) is 1.37. The van der Waals surface area contributed by atoms with E-state index < -0.39 is 0 Å². The maximum absolute atomic E-state index is 11.5. The van der Waals surface area contributed by atoms with Crippen molar-refractivity contribution in [3.63, 3.8) is 0 Å². The summed E-state index contributed by atoms with van der Waals surface area (Å²) in [6.07, 6.45) is 1.36. The van der Waals surface area contributed by atoms with Crippen LogP contribution in [0.1, 0.15) is 17.3 Å². The van der Waals surface area contributed by atoms with E-state index in [-0.39, 0.29) is 5.97 Å². The van der Waals surface area contributed by atoms with E-state index in [2.05, 4.69) is 9.97 Å². The molecule has 0 amide bonds. The van der Waals surface area contributed by atoms with Crippen molar-refractivity contribution in [2.24, 2.45) is 0 Å². The van der Waals surface area contributed by atoms with Crippen molar-refractivity contribution >= 4 is 28.5 Å². The van der Waals surface area contributed by atoms with Gasteiger partial charge >= 0.3 is 5.97 Å². The van der Waals surface area contributed by atoms with Gasteiger partial charge in [0, 0.05) is 5.39 Å². The third kappa shape index (κ3) is 1.97. The van der Waals surface area contributed by atoms with Crippen LogP contribution in [0, 0.1) is 0 Å². The number of ether oxygens (including phenoxy) is 1. The highest BCUT2D eigenvalue weighted by molar-refractivity contribution is 6.34. The molecule has 2 rings (SSSR count). The predicted octanol–water partition coefficient (Wildman–Crippen LogP) is 2.46.